The van der Waals surface area contributed by atoms with Gasteiger partial charge < -0.3 is 14.0 Å². The minimum Gasteiger partial charge on any atom is -0.468 e. The van der Waals surface area contributed by atoms with E-state index in [-0.39, 0.29) is 5.92 Å². The molecule has 1 saturated carbocycles. The predicted octanol–water partition coefficient (Wildman–Crippen LogP) is 1.29. The fourth-order valence-corrected chi connectivity index (χ4v) is 1.95. The number of carbonyl (C=O) groups excluding carboxylic acids is 2. The molecular formula is C12H15NO5. The number of carbonyl (C=O) groups is 2. The van der Waals surface area contributed by atoms with E-state index in [1.54, 1.807) is 6.92 Å². The van der Waals surface area contributed by atoms with Crippen LogP contribution in [0.1, 0.15) is 41.7 Å². The van der Waals surface area contributed by atoms with Crippen molar-refractivity contribution in [3.8, 4) is 0 Å². The summed E-state index contributed by atoms with van der Waals surface area (Å²) < 4.78 is 14.5. The molecule has 98 valence electrons. The highest BCUT2D eigenvalue weighted by atomic mass is 16.5. The van der Waals surface area contributed by atoms with E-state index in [0.717, 1.165) is 12.8 Å². The number of rotatable bonds is 4. The third-order valence-corrected chi connectivity index (χ3v) is 3.05. The van der Waals surface area contributed by atoms with Gasteiger partial charge in [0.1, 0.15) is 5.76 Å². The zero-order chi connectivity index (χ0) is 13.3. The summed E-state index contributed by atoms with van der Waals surface area (Å²) in [5, 5.41) is 3.84. The molecular weight excluding hydrogens is 238 g/mol. The molecule has 1 aromatic heterocycles. The van der Waals surface area contributed by atoms with Gasteiger partial charge in [0.15, 0.2) is 5.92 Å². The van der Waals surface area contributed by atoms with Crippen molar-refractivity contribution < 1.29 is 23.6 Å². The summed E-state index contributed by atoms with van der Waals surface area (Å²) in [7, 11) is 2.47. The van der Waals surface area contributed by atoms with E-state index in [9.17, 15) is 9.59 Å². The van der Waals surface area contributed by atoms with Gasteiger partial charge in [-0.25, -0.2) is 0 Å². The summed E-state index contributed by atoms with van der Waals surface area (Å²) in [6.07, 6.45) is 1.97. The summed E-state index contributed by atoms with van der Waals surface area (Å²) >= 11 is 0. The highest BCUT2D eigenvalue weighted by molar-refractivity contribution is 6.01. The molecule has 0 saturated heterocycles. The molecule has 0 aliphatic heterocycles. The standard InChI is InChI=1S/C12H15NO5/c1-6-8(10(18-13-6)7-4-5-7)9(11(14)16-2)12(15)17-3/h7,9H,4-5H2,1-3H3. The van der Waals surface area contributed by atoms with Crippen molar-refractivity contribution in [2.75, 3.05) is 14.2 Å². The van der Waals surface area contributed by atoms with Gasteiger partial charge in [0.25, 0.3) is 0 Å². The van der Waals surface area contributed by atoms with Crippen LogP contribution in [0, 0.1) is 6.92 Å². The lowest BCUT2D eigenvalue weighted by atomic mass is 9.95. The van der Waals surface area contributed by atoms with Crippen LogP contribution in [0.4, 0.5) is 0 Å². The van der Waals surface area contributed by atoms with Crippen LogP contribution in [0.25, 0.3) is 0 Å². The number of aromatic nitrogens is 1. The van der Waals surface area contributed by atoms with Gasteiger partial charge >= 0.3 is 11.9 Å². The Labute approximate surface area is 104 Å². The number of nitrogens with zero attached hydrogens (tertiary/aromatic N) is 1. The first-order valence-electron chi connectivity index (χ1n) is 5.71. The smallest absolute Gasteiger partial charge is 0.324 e. The van der Waals surface area contributed by atoms with E-state index in [4.69, 9.17) is 4.52 Å². The number of hydrogen-bond donors (Lipinski definition) is 0. The van der Waals surface area contributed by atoms with Crippen LogP contribution in [-0.4, -0.2) is 31.3 Å². The average molecular weight is 253 g/mol. The number of hydrogen-bond acceptors (Lipinski definition) is 6. The second-order valence-electron chi connectivity index (χ2n) is 4.30. The summed E-state index contributed by atoms with van der Waals surface area (Å²) in [5.41, 5.74) is 1.02. The Morgan fingerprint density at radius 1 is 1.28 bits per heavy atom. The molecule has 0 radical (unpaired) electrons. The third kappa shape index (κ3) is 2.10. The minimum atomic E-state index is -1.11. The molecule has 0 spiro atoms. The van der Waals surface area contributed by atoms with Gasteiger partial charge in [0.05, 0.1) is 19.9 Å². The van der Waals surface area contributed by atoms with Crippen LogP contribution in [0.15, 0.2) is 4.52 Å². The highest BCUT2D eigenvalue weighted by Gasteiger charge is 2.41. The Bertz CT molecular complexity index is 459. The minimum absolute atomic E-state index is 0.248. The fourth-order valence-electron chi connectivity index (χ4n) is 1.95. The van der Waals surface area contributed by atoms with E-state index in [1.807, 2.05) is 0 Å². The Morgan fingerprint density at radius 3 is 2.28 bits per heavy atom. The van der Waals surface area contributed by atoms with Crippen LogP contribution in [0.3, 0.4) is 0 Å². The second kappa shape index (κ2) is 4.80. The molecule has 1 aliphatic rings. The summed E-state index contributed by atoms with van der Waals surface area (Å²) in [6, 6.07) is 0. The molecule has 0 unspecified atom stereocenters. The Balaban J connectivity index is 2.44. The maximum Gasteiger partial charge on any atom is 0.324 e. The molecule has 0 atom stereocenters. The monoisotopic (exact) mass is 253 g/mol. The Hall–Kier alpha value is -1.85. The summed E-state index contributed by atoms with van der Waals surface area (Å²) in [6.45, 7) is 1.70. The van der Waals surface area contributed by atoms with Crippen molar-refractivity contribution in [3.05, 3.63) is 17.0 Å². The zero-order valence-corrected chi connectivity index (χ0v) is 10.6. The lowest BCUT2D eigenvalue weighted by Crippen LogP contribution is -2.25. The fraction of sp³-hybridized carbons (Fsp3) is 0.583. The van der Waals surface area contributed by atoms with Crippen molar-refractivity contribution in [3.63, 3.8) is 0 Å². The third-order valence-electron chi connectivity index (χ3n) is 3.05. The Morgan fingerprint density at radius 2 is 1.83 bits per heavy atom. The molecule has 1 heterocycles. The van der Waals surface area contributed by atoms with Gasteiger partial charge in [-0.3, -0.25) is 9.59 Å². The van der Waals surface area contributed by atoms with Crippen molar-refractivity contribution in [2.45, 2.75) is 31.6 Å². The first kappa shape index (κ1) is 12.6. The Kier molecular flexibility index (Phi) is 3.36. The number of methoxy groups -OCH3 is 2. The summed E-state index contributed by atoms with van der Waals surface area (Å²) in [5.74, 6) is -1.57. The van der Waals surface area contributed by atoms with E-state index in [1.165, 1.54) is 14.2 Å². The number of ether oxygens (including phenoxy) is 2. The molecule has 0 bridgehead atoms. The van der Waals surface area contributed by atoms with Gasteiger partial charge in [-0.2, -0.15) is 0 Å². The van der Waals surface area contributed by atoms with Crippen LogP contribution >= 0.6 is 0 Å². The molecule has 18 heavy (non-hydrogen) atoms. The lowest BCUT2D eigenvalue weighted by molar-refractivity contribution is -0.154. The maximum atomic E-state index is 11.8. The molecule has 6 heteroatoms. The molecule has 1 aliphatic carbocycles. The van der Waals surface area contributed by atoms with Gasteiger partial charge in [0.2, 0.25) is 0 Å². The van der Waals surface area contributed by atoms with Crippen molar-refractivity contribution in [2.24, 2.45) is 0 Å². The molecule has 2 rings (SSSR count). The largest absolute Gasteiger partial charge is 0.468 e. The van der Waals surface area contributed by atoms with E-state index >= 15 is 0 Å². The number of aryl methyl sites for hydroxylation is 1. The van der Waals surface area contributed by atoms with Crippen LogP contribution < -0.4 is 0 Å². The first-order valence-corrected chi connectivity index (χ1v) is 5.71. The SMILES string of the molecule is COC(=O)C(C(=O)OC)c1c(C)noc1C1CC1. The zero-order valence-electron chi connectivity index (χ0n) is 10.6. The molecule has 6 nitrogen and oxygen atoms in total. The van der Waals surface area contributed by atoms with Gasteiger partial charge in [0, 0.05) is 11.5 Å². The molecule has 1 fully saturated rings. The number of esters is 2. The topological polar surface area (TPSA) is 78.6 Å². The van der Waals surface area contributed by atoms with Gasteiger partial charge in [-0.05, 0) is 19.8 Å². The predicted molar refractivity (Wildman–Crippen MR) is 60.0 cm³/mol. The van der Waals surface area contributed by atoms with E-state index in [2.05, 4.69) is 14.6 Å². The summed E-state index contributed by atoms with van der Waals surface area (Å²) in [4.78, 5) is 23.5. The van der Waals surface area contributed by atoms with Gasteiger partial charge in [-0.15, -0.1) is 0 Å². The van der Waals surface area contributed by atoms with E-state index < -0.39 is 17.9 Å². The first-order chi connectivity index (χ1) is 8.60. The highest BCUT2D eigenvalue weighted by Crippen LogP contribution is 2.44. The molecule has 0 amide bonds. The van der Waals surface area contributed by atoms with Crippen LogP contribution in [-0.2, 0) is 19.1 Å². The van der Waals surface area contributed by atoms with Crippen LogP contribution in [0.2, 0.25) is 0 Å². The van der Waals surface area contributed by atoms with Crippen LogP contribution in [0.5, 0.6) is 0 Å². The van der Waals surface area contributed by atoms with Crippen molar-refractivity contribution in [1.82, 2.24) is 5.16 Å². The van der Waals surface area contributed by atoms with Gasteiger partial charge in [-0.1, -0.05) is 5.16 Å². The normalized spacial score (nSPS) is 14.7. The molecule has 1 aromatic rings. The second-order valence-corrected chi connectivity index (χ2v) is 4.30. The quantitative estimate of drug-likeness (QED) is 0.594. The average Bonchev–Trinajstić information content (AvgIpc) is 3.15. The molecule has 0 N–H and O–H groups in total. The molecule has 0 aromatic carbocycles. The maximum absolute atomic E-state index is 11.8. The lowest BCUT2D eigenvalue weighted by Gasteiger charge is -2.12. The van der Waals surface area contributed by atoms with Crippen molar-refractivity contribution >= 4 is 11.9 Å². The van der Waals surface area contributed by atoms with E-state index in [0.29, 0.717) is 17.0 Å². The van der Waals surface area contributed by atoms with Crippen molar-refractivity contribution in [1.29, 1.82) is 0 Å².